The van der Waals surface area contributed by atoms with Gasteiger partial charge in [0, 0.05) is 30.6 Å². The predicted octanol–water partition coefficient (Wildman–Crippen LogP) is 3.12. The third kappa shape index (κ3) is 2.72. The van der Waals surface area contributed by atoms with Crippen molar-refractivity contribution in [2.45, 2.75) is 57.5 Å². The molecule has 1 N–H and O–H groups in total. The maximum absolute atomic E-state index is 5.66. The average Bonchev–Trinajstić information content (AvgIpc) is 2.94. The lowest BCUT2D eigenvalue weighted by Gasteiger charge is -2.41. The lowest BCUT2D eigenvalue weighted by Crippen LogP contribution is -2.48. The minimum atomic E-state index is 0.590. The normalized spacial score (nSPS) is 27.5. The standard InChI is InChI=1S/C16H26N2O/c1-2-10-18(13-5-4-9-17-12-13)15-6-3-7-16-14(15)8-11-19-16/h8,11,13,15,17H,2-7,9-10,12H2,1H3. The Bertz CT molecular complexity index is 395. The zero-order valence-corrected chi connectivity index (χ0v) is 12.0. The van der Waals surface area contributed by atoms with Gasteiger partial charge in [0.05, 0.1) is 6.26 Å². The summed E-state index contributed by atoms with van der Waals surface area (Å²) < 4.78 is 5.66. The molecule has 0 saturated carbocycles. The van der Waals surface area contributed by atoms with Crippen molar-refractivity contribution in [1.82, 2.24) is 10.2 Å². The van der Waals surface area contributed by atoms with Crippen molar-refractivity contribution < 1.29 is 4.42 Å². The van der Waals surface area contributed by atoms with Gasteiger partial charge < -0.3 is 9.73 Å². The van der Waals surface area contributed by atoms with Crippen LogP contribution in [-0.4, -0.2) is 30.6 Å². The minimum absolute atomic E-state index is 0.590. The van der Waals surface area contributed by atoms with Crippen LogP contribution in [0, 0.1) is 0 Å². The molecule has 0 bridgehead atoms. The molecule has 1 aromatic rings. The van der Waals surface area contributed by atoms with Gasteiger partial charge in [-0.05, 0) is 51.3 Å². The van der Waals surface area contributed by atoms with Crippen LogP contribution in [0.5, 0.6) is 0 Å². The first-order chi connectivity index (χ1) is 9.40. The fourth-order valence-corrected chi connectivity index (χ4v) is 3.77. The number of furan rings is 1. The molecule has 3 heteroatoms. The molecule has 2 unspecified atom stereocenters. The number of rotatable bonds is 4. The first kappa shape index (κ1) is 13.2. The van der Waals surface area contributed by atoms with E-state index in [2.05, 4.69) is 23.2 Å². The highest BCUT2D eigenvalue weighted by Crippen LogP contribution is 2.36. The van der Waals surface area contributed by atoms with Crippen LogP contribution >= 0.6 is 0 Å². The largest absolute Gasteiger partial charge is 0.469 e. The van der Waals surface area contributed by atoms with E-state index in [9.17, 15) is 0 Å². The summed E-state index contributed by atoms with van der Waals surface area (Å²) >= 11 is 0. The molecule has 3 rings (SSSR count). The fraction of sp³-hybridized carbons (Fsp3) is 0.750. The highest BCUT2D eigenvalue weighted by Gasteiger charge is 2.32. The number of hydrogen-bond donors (Lipinski definition) is 1. The molecule has 2 atom stereocenters. The Hall–Kier alpha value is -0.800. The summed E-state index contributed by atoms with van der Waals surface area (Å²) in [4.78, 5) is 2.75. The molecule has 1 fully saturated rings. The van der Waals surface area contributed by atoms with Crippen molar-refractivity contribution in [3.63, 3.8) is 0 Å². The Labute approximate surface area is 116 Å². The van der Waals surface area contributed by atoms with Crippen molar-refractivity contribution in [1.29, 1.82) is 0 Å². The number of hydrogen-bond acceptors (Lipinski definition) is 3. The van der Waals surface area contributed by atoms with Crippen LogP contribution in [0.15, 0.2) is 16.7 Å². The van der Waals surface area contributed by atoms with Crippen molar-refractivity contribution in [3.8, 4) is 0 Å². The van der Waals surface area contributed by atoms with E-state index in [1.54, 1.807) is 0 Å². The summed E-state index contributed by atoms with van der Waals surface area (Å²) in [5.74, 6) is 1.24. The molecule has 2 aliphatic rings. The van der Waals surface area contributed by atoms with Crippen LogP contribution in [0.2, 0.25) is 0 Å². The number of fused-ring (bicyclic) bond motifs is 1. The molecule has 2 heterocycles. The Morgan fingerprint density at radius 1 is 1.37 bits per heavy atom. The SMILES string of the molecule is CCCN(C1CCCNC1)C1CCCc2occc21. The Morgan fingerprint density at radius 2 is 2.32 bits per heavy atom. The van der Waals surface area contributed by atoms with Gasteiger partial charge in [0.1, 0.15) is 5.76 Å². The van der Waals surface area contributed by atoms with Crippen LogP contribution in [0.25, 0.3) is 0 Å². The Kier molecular flexibility index (Phi) is 4.24. The van der Waals surface area contributed by atoms with E-state index in [1.807, 2.05) is 6.26 Å². The maximum atomic E-state index is 5.66. The lowest BCUT2D eigenvalue weighted by molar-refractivity contribution is 0.0986. The van der Waals surface area contributed by atoms with Gasteiger partial charge in [0.2, 0.25) is 0 Å². The van der Waals surface area contributed by atoms with Crippen molar-refractivity contribution >= 4 is 0 Å². The first-order valence-corrected chi connectivity index (χ1v) is 7.93. The highest BCUT2D eigenvalue weighted by molar-refractivity contribution is 5.24. The molecule has 0 radical (unpaired) electrons. The van der Waals surface area contributed by atoms with Gasteiger partial charge in [-0.2, -0.15) is 0 Å². The van der Waals surface area contributed by atoms with Gasteiger partial charge >= 0.3 is 0 Å². The van der Waals surface area contributed by atoms with E-state index in [1.165, 1.54) is 56.5 Å². The molecule has 0 amide bonds. The predicted molar refractivity (Wildman–Crippen MR) is 77.3 cm³/mol. The molecule has 19 heavy (non-hydrogen) atoms. The van der Waals surface area contributed by atoms with Crippen LogP contribution in [-0.2, 0) is 6.42 Å². The summed E-state index contributed by atoms with van der Waals surface area (Å²) in [7, 11) is 0. The monoisotopic (exact) mass is 262 g/mol. The van der Waals surface area contributed by atoms with Gasteiger partial charge in [0.15, 0.2) is 0 Å². The van der Waals surface area contributed by atoms with E-state index in [-0.39, 0.29) is 0 Å². The maximum Gasteiger partial charge on any atom is 0.108 e. The molecule has 0 spiro atoms. The van der Waals surface area contributed by atoms with Crippen molar-refractivity contribution in [3.05, 3.63) is 23.7 Å². The number of piperidine rings is 1. The Morgan fingerprint density at radius 3 is 3.11 bits per heavy atom. The van der Waals surface area contributed by atoms with E-state index >= 15 is 0 Å². The summed E-state index contributed by atoms with van der Waals surface area (Å²) in [6.45, 7) is 5.85. The van der Waals surface area contributed by atoms with Crippen molar-refractivity contribution in [2.75, 3.05) is 19.6 Å². The van der Waals surface area contributed by atoms with Gasteiger partial charge in [-0.15, -0.1) is 0 Å². The van der Waals surface area contributed by atoms with Gasteiger partial charge in [-0.25, -0.2) is 0 Å². The number of aryl methyl sites for hydroxylation is 1. The van der Waals surface area contributed by atoms with E-state index in [0.717, 1.165) is 13.0 Å². The molecule has 1 aliphatic carbocycles. The molecule has 1 saturated heterocycles. The van der Waals surface area contributed by atoms with E-state index in [4.69, 9.17) is 4.42 Å². The van der Waals surface area contributed by atoms with Crippen LogP contribution in [0.1, 0.15) is 56.4 Å². The first-order valence-electron chi connectivity index (χ1n) is 7.93. The molecule has 106 valence electrons. The second kappa shape index (κ2) is 6.10. The average molecular weight is 262 g/mol. The van der Waals surface area contributed by atoms with E-state index in [0.29, 0.717) is 12.1 Å². The summed E-state index contributed by atoms with van der Waals surface area (Å²) in [5.41, 5.74) is 1.46. The third-order valence-corrected chi connectivity index (χ3v) is 4.64. The molecule has 1 aliphatic heterocycles. The second-order valence-corrected chi connectivity index (χ2v) is 5.95. The van der Waals surface area contributed by atoms with Gasteiger partial charge in [0.25, 0.3) is 0 Å². The molecule has 0 aromatic carbocycles. The van der Waals surface area contributed by atoms with Crippen molar-refractivity contribution in [2.24, 2.45) is 0 Å². The minimum Gasteiger partial charge on any atom is -0.469 e. The molecular weight excluding hydrogens is 236 g/mol. The second-order valence-electron chi connectivity index (χ2n) is 5.95. The third-order valence-electron chi connectivity index (χ3n) is 4.64. The van der Waals surface area contributed by atoms with Gasteiger partial charge in [-0.3, -0.25) is 4.90 Å². The quantitative estimate of drug-likeness (QED) is 0.903. The number of nitrogens with one attached hydrogen (secondary N) is 1. The topological polar surface area (TPSA) is 28.4 Å². The zero-order valence-electron chi connectivity index (χ0n) is 12.0. The molecular formula is C16H26N2O. The summed E-state index contributed by atoms with van der Waals surface area (Å²) in [6, 6.07) is 3.50. The van der Waals surface area contributed by atoms with Gasteiger partial charge in [-0.1, -0.05) is 6.92 Å². The summed E-state index contributed by atoms with van der Waals surface area (Å²) in [5, 5.41) is 3.57. The zero-order chi connectivity index (χ0) is 13.1. The van der Waals surface area contributed by atoms with Crippen LogP contribution in [0.4, 0.5) is 0 Å². The highest BCUT2D eigenvalue weighted by atomic mass is 16.3. The number of nitrogens with zero attached hydrogens (tertiary/aromatic N) is 1. The Balaban J connectivity index is 1.80. The van der Waals surface area contributed by atoms with E-state index < -0.39 is 0 Å². The van der Waals surface area contributed by atoms with Crippen LogP contribution in [0.3, 0.4) is 0 Å². The summed E-state index contributed by atoms with van der Waals surface area (Å²) in [6.07, 6.45) is 9.47. The molecule has 1 aromatic heterocycles. The fourth-order valence-electron chi connectivity index (χ4n) is 3.77. The lowest BCUT2D eigenvalue weighted by atomic mass is 9.90. The molecule has 3 nitrogen and oxygen atoms in total. The smallest absolute Gasteiger partial charge is 0.108 e. The van der Waals surface area contributed by atoms with Crippen LogP contribution < -0.4 is 5.32 Å².